The Balaban J connectivity index is 2.42. The minimum Gasteiger partial charge on any atom is -0.493 e. The van der Waals surface area contributed by atoms with Crippen LogP contribution in [-0.2, 0) is 14.3 Å². The number of urea groups is 1. The second-order valence-corrected chi connectivity index (χ2v) is 6.31. The molecule has 0 heterocycles. The number of aryl methyl sites for hydroxylation is 1. The van der Waals surface area contributed by atoms with Gasteiger partial charge in [0.05, 0.1) is 6.61 Å². The molecule has 25 heavy (non-hydrogen) atoms. The molecule has 0 spiro atoms. The summed E-state index contributed by atoms with van der Waals surface area (Å²) < 4.78 is 10.7. The molecule has 0 aromatic heterocycles. The van der Waals surface area contributed by atoms with Crippen molar-refractivity contribution in [2.75, 3.05) is 6.61 Å². The summed E-state index contributed by atoms with van der Waals surface area (Å²) in [5.41, 5.74) is 5.80. The largest absolute Gasteiger partial charge is 0.493 e. The van der Waals surface area contributed by atoms with Crippen LogP contribution < -0.4 is 15.8 Å². The molecule has 0 saturated carbocycles. The molecule has 1 atom stereocenters. The molecule has 0 aliphatic heterocycles. The van der Waals surface area contributed by atoms with Gasteiger partial charge in [-0.1, -0.05) is 25.4 Å². The standard InChI is InChI=1S/C17H23ClN2O5/c1-10(2)15(16(22)20-17(19)23)25-14(21)5-4-8-24-13-7-6-12(18)9-11(13)3/h6-7,9-10,15H,4-5,8H2,1-3H3,(H3,19,20,22,23)/t15-/m0/s1. The predicted octanol–water partition coefficient (Wildman–Crippen LogP) is 2.57. The maximum Gasteiger partial charge on any atom is 0.318 e. The van der Waals surface area contributed by atoms with Gasteiger partial charge in [-0.05, 0) is 43.0 Å². The topological polar surface area (TPSA) is 108 Å². The number of nitrogens with two attached hydrogens (primary N) is 1. The third-order valence-corrected chi connectivity index (χ3v) is 3.52. The van der Waals surface area contributed by atoms with Crippen molar-refractivity contribution >= 4 is 29.5 Å². The van der Waals surface area contributed by atoms with E-state index in [1.54, 1.807) is 32.0 Å². The highest BCUT2D eigenvalue weighted by molar-refractivity contribution is 6.30. The van der Waals surface area contributed by atoms with Crippen LogP contribution >= 0.6 is 11.6 Å². The third-order valence-electron chi connectivity index (χ3n) is 3.29. The van der Waals surface area contributed by atoms with E-state index in [1.165, 1.54) is 0 Å². The molecule has 1 aromatic rings. The van der Waals surface area contributed by atoms with E-state index >= 15 is 0 Å². The molecule has 3 amide bonds. The second-order valence-electron chi connectivity index (χ2n) is 5.87. The van der Waals surface area contributed by atoms with Gasteiger partial charge in [-0.25, -0.2) is 4.79 Å². The molecule has 7 nitrogen and oxygen atoms in total. The Morgan fingerprint density at radius 3 is 2.52 bits per heavy atom. The summed E-state index contributed by atoms with van der Waals surface area (Å²) in [5.74, 6) is -0.881. The Hall–Kier alpha value is -2.28. The van der Waals surface area contributed by atoms with E-state index in [0.717, 1.165) is 5.56 Å². The lowest BCUT2D eigenvalue weighted by molar-refractivity contribution is -0.158. The zero-order valence-electron chi connectivity index (χ0n) is 14.5. The number of ether oxygens (including phenoxy) is 2. The number of hydrogen-bond acceptors (Lipinski definition) is 5. The van der Waals surface area contributed by atoms with E-state index in [-0.39, 0.29) is 12.3 Å². The monoisotopic (exact) mass is 370 g/mol. The van der Waals surface area contributed by atoms with Crippen molar-refractivity contribution < 1.29 is 23.9 Å². The molecule has 3 N–H and O–H groups in total. The van der Waals surface area contributed by atoms with Gasteiger partial charge in [0.25, 0.3) is 5.91 Å². The van der Waals surface area contributed by atoms with Crippen molar-refractivity contribution in [1.29, 1.82) is 0 Å². The number of benzene rings is 1. The fourth-order valence-corrected chi connectivity index (χ4v) is 2.29. The Morgan fingerprint density at radius 2 is 1.96 bits per heavy atom. The molecule has 1 rings (SSSR count). The molecule has 0 unspecified atom stereocenters. The summed E-state index contributed by atoms with van der Waals surface area (Å²) in [6.07, 6.45) is -0.567. The normalized spacial score (nSPS) is 11.7. The molecule has 0 saturated heterocycles. The number of esters is 1. The van der Waals surface area contributed by atoms with Gasteiger partial charge in [0, 0.05) is 11.4 Å². The van der Waals surface area contributed by atoms with Crippen molar-refractivity contribution in [3.8, 4) is 5.75 Å². The van der Waals surface area contributed by atoms with E-state index in [0.29, 0.717) is 23.8 Å². The van der Waals surface area contributed by atoms with E-state index in [2.05, 4.69) is 0 Å². The third kappa shape index (κ3) is 7.43. The van der Waals surface area contributed by atoms with Gasteiger partial charge in [-0.3, -0.25) is 14.9 Å². The first kappa shape index (κ1) is 20.8. The quantitative estimate of drug-likeness (QED) is 0.540. The first-order chi connectivity index (χ1) is 11.7. The van der Waals surface area contributed by atoms with Gasteiger partial charge in [0.15, 0.2) is 6.10 Å². The number of primary amides is 1. The maximum atomic E-state index is 11.9. The van der Waals surface area contributed by atoms with E-state index in [1.807, 2.05) is 12.2 Å². The first-order valence-corrected chi connectivity index (χ1v) is 8.27. The summed E-state index contributed by atoms with van der Waals surface area (Å²) in [4.78, 5) is 34.4. The fraction of sp³-hybridized carbons (Fsp3) is 0.471. The van der Waals surface area contributed by atoms with Crippen molar-refractivity contribution in [2.45, 2.75) is 39.7 Å². The average molecular weight is 371 g/mol. The van der Waals surface area contributed by atoms with Crippen LogP contribution in [0.25, 0.3) is 0 Å². The number of carbonyl (C=O) groups is 3. The molecular weight excluding hydrogens is 348 g/mol. The van der Waals surface area contributed by atoms with Gasteiger partial charge >= 0.3 is 12.0 Å². The highest BCUT2D eigenvalue weighted by atomic mass is 35.5. The van der Waals surface area contributed by atoms with Gasteiger partial charge in [0.2, 0.25) is 0 Å². The zero-order valence-corrected chi connectivity index (χ0v) is 15.3. The van der Waals surface area contributed by atoms with E-state index in [4.69, 9.17) is 26.8 Å². The second kappa shape index (κ2) is 9.88. The molecule has 1 aromatic carbocycles. The van der Waals surface area contributed by atoms with Gasteiger partial charge < -0.3 is 15.2 Å². The smallest absolute Gasteiger partial charge is 0.318 e. The highest BCUT2D eigenvalue weighted by Crippen LogP contribution is 2.22. The van der Waals surface area contributed by atoms with Crippen LogP contribution in [0, 0.1) is 12.8 Å². The Bertz CT molecular complexity index is 633. The molecule has 8 heteroatoms. The number of amides is 3. The number of hydrogen-bond donors (Lipinski definition) is 2. The molecule has 0 radical (unpaired) electrons. The van der Waals surface area contributed by atoms with Crippen LogP contribution in [0.1, 0.15) is 32.3 Å². The van der Waals surface area contributed by atoms with E-state index < -0.39 is 24.0 Å². The minimum atomic E-state index is -1.07. The Morgan fingerprint density at radius 1 is 1.28 bits per heavy atom. The van der Waals surface area contributed by atoms with Crippen molar-refractivity contribution in [3.63, 3.8) is 0 Å². The summed E-state index contributed by atoms with van der Waals surface area (Å²) in [5, 5.41) is 2.54. The van der Waals surface area contributed by atoms with Gasteiger partial charge in [-0.15, -0.1) is 0 Å². The van der Waals surface area contributed by atoms with Crippen LogP contribution in [0.4, 0.5) is 4.79 Å². The number of carbonyl (C=O) groups excluding carboxylic acids is 3. The maximum absolute atomic E-state index is 11.9. The molecule has 0 aliphatic rings. The van der Waals surface area contributed by atoms with Crippen molar-refractivity contribution in [3.05, 3.63) is 28.8 Å². The average Bonchev–Trinajstić information content (AvgIpc) is 2.49. The first-order valence-electron chi connectivity index (χ1n) is 7.89. The molecule has 138 valence electrons. The summed E-state index contributed by atoms with van der Waals surface area (Å²) in [6.45, 7) is 5.59. The molecular formula is C17H23ClN2O5. The zero-order chi connectivity index (χ0) is 19.0. The highest BCUT2D eigenvalue weighted by Gasteiger charge is 2.27. The Labute approximate surface area is 151 Å². The summed E-state index contributed by atoms with van der Waals surface area (Å²) in [6, 6.07) is 4.29. The SMILES string of the molecule is Cc1cc(Cl)ccc1OCCCC(=O)O[C@H](C(=O)NC(N)=O)C(C)C. The van der Waals surface area contributed by atoms with E-state index in [9.17, 15) is 14.4 Å². The number of imide groups is 1. The number of nitrogens with one attached hydrogen (secondary N) is 1. The summed E-state index contributed by atoms with van der Waals surface area (Å²) in [7, 11) is 0. The Kier molecular flexibility index (Phi) is 8.21. The molecule has 0 aliphatic carbocycles. The minimum absolute atomic E-state index is 0.0830. The lowest BCUT2D eigenvalue weighted by Crippen LogP contribution is -2.45. The molecule has 0 bridgehead atoms. The van der Waals surface area contributed by atoms with Crippen LogP contribution in [0.15, 0.2) is 18.2 Å². The van der Waals surface area contributed by atoms with Crippen molar-refractivity contribution in [2.24, 2.45) is 11.7 Å². The number of halogens is 1. The summed E-state index contributed by atoms with van der Waals surface area (Å²) >= 11 is 5.87. The van der Waals surface area contributed by atoms with Crippen molar-refractivity contribution in [1.82, 2.24) is 5.32 Å². The number of rotatable bonds is 8. The predicted molar refractivity (Wildman–Crippen MR) is 93.4 cm³/mol. The van der Waals surface area contributed by atoms with Crippen LogP contribution in [-0.4, -0.2) is 30.6 Å². The van der Waals surface area contributed by atoms with Crippen LogP contribution in [0.3, 0.4) is 0 Å². The fourth-order valence-electron chi connectivity index (χ4n) is 2.06. The van der Waals surface area contributed by atoms with Crippen LogP contribution in [0.2, 0.25) is 5.02 Å². The lowest BCUT2D eigenvalue weighted by Gasteiger charge is -2.19. The lowest BCUT2D eigenvalue weighted by atomic mass is 10.1. The van der Waals surface area contributed by atoms with Gasteiger partial charge in [-0.2, -0.15) is 0 Å². The van der Waals surface area contributed by atoms with Gasteiger partial charge in [0.1, 0.15) is 5.75 Å². The van der Waals surface area contributed by atoms with Crippen LogP contribution in [0.5, 0.6) is 5.75 Å². The molecule has 0 fully saturated rings.